The van der Waals surface area contributed by atoms with Gasteiger partial charge in [-0.15, -0.1) is 0 Å². The molecule has 1 heteroatoms. The van der Waals surface area contributed by atoms with Gasteiger partial charge in [-0.3, -0.25) is 0 Å². The first-order chi connectivity index (χ1) is 9.41. The van der Waals surface area contributed by atoms with Crippen LogP contribution < -0.4 is 0 Å². The van der Waals surface area contributed by atoms with Crippen LogP contribution in [0.3, 0.4) is 0 Å². The molecule has 21 heavy (non-hydrogen) atoms. The van der Waals surface area contributed by atoms with Gasteiger partial charge in [0.05, 0.1) is 0 Å². The molecule has 4 saturated carbocycles. The summed E-state index contributed by atoms with van der Waals surface area (Å²) in [6.45, 7) is 9.48. The molecule has 0 N–H and O–H groups in total. The van der Waals surface area contributed by atoms with Crippen LogP contribution in [-0.2, 0) is 38.1 Å². The second kappa shape index (κ2) is 4.91. The van der Waals surface area contributed by atoms with E-state index in [0.29, 0.717) is 21.7 Å². The Balaban J connectivity index is 0.00000132. The Morgan fingerprint density at radius 2 is 1.43 bits per heavy atom. The maximum Gasteiger partial charge on any atom is 3.00 e. The van der Waals surface area contributed by atoms with Crippen LogP contribution in [0.15, 0.2) is 30.3 Å². The summed E-state index contributed by atoms with van der Waals surface area (Å²) in [4.78, 5) is 0. The minimum absolute atomic E-state index is 0. The SMILES string of the molecule is [CH2-]CC12CC3(C)CC(C)(C1)CC(c1ccccc1)(C3)C2.[Y+3]. The van der Waals surface area contributed by atoms with Crippen LogP contribution in [0.4, 0.5) is 0 Å². The van der Waals surface area contributed by atoms with Crippen molar-refractivity contribution in [1.29, 1.82) is 0 Å². The predicted octanol–water partition coefficient (Wildman–Crippen LogP) is 5.53. The van der Waals surface area contributed by atoms with Gasteiger partial charge in [0, 0.05) is 0 Å². The van der Waals surface area contributed by atoms with Crippen LogP contribution in [-0.4, -0.2) is 0 Å². The summed E-state index contributed by atoms with van der Waals surface area (Å²) in [5.41, 5.74) is 3.67. The van der Waals surface area contributed by atoms with E-state index in [1.165, 1.54) is 38.5 Å². The van der Waals surface area contributed by atoms with Crippen molar-refractivity contribution in [2.75, 3.05) is 0 Å². The van der Waals surface area contributed by atoms with E-state index in [-0.39, 0.29) is 32.7 Å². The van der Waals surface area contributed by atoms with Crippen molar-refractivity contribution in [1.82, 2.24) is 0 Å². The molecule has 0 amide bonds. The van der Waals surface area contributed by atoms with Crippen molar-refractivity contribution in [3.8, 4) is 0 Å². The van der Waals surface area contributed by atoms with Crippen LogP contribution in [0.5, 0.6) is 0 Å². The van der Waals surface area contributed by atoms with Gasteiger partial charge in [-0.1, -0.05) is 49.6 Å². The fourth-order valence-electron chi connectivity index (χ4n) is 7.31. The van der Waals surface area contributed by atoms with Crippen molar-refractivity contribution in [2.24, 2.45) is 16.2 Å². The molecule has 108 valence electrons. The van der Waals surface area contributed by atoms with Crippen molar-refractivity contribution < 1.29 is 32.7 Å². The Hall–Kier alpha value is 0.324. The number of benzene rings is 1. The topological polar surface area (TPSA) is 0 Å². The maximum atomic E-state index is 4.36. The third-order valence-corrected chi connectivity index (χ3v) is 6.62. The first kappa shape index (κ1) is 16.2. The van der Waals surface area contributed by atoms with Crippen LogP contribution in [0.25, 0.3) is 0 Å². The van der Waals surface area contributed by atoms with E-state index in [2.05, 4.69) is 51.1 Å². The molecule has 0 aliphatic heterocycles. The molecule has 2 unspecified atom stereocenters. The minimum atomic E-state index is 0. The van der Waals surface area contributed by atoms with Gasteiger partial charge >= 0.3 is 32.7 Å². The number of hydrogen-bond donors (Lipinski definition) is 0. The van der Waals surface area contributed by atoms with E-state index in [0.717, 1.165) is 6.42 Å². The monoisotopic (exact) mass is 356 g/mol. The molecule has 1 aromatic carbocycles. The van der Waals surface area contributed by atoms with Crippen LogP contribution in [0.2, 0.25) is 0 Å². The number of hydrogen-bond acceptors (Lipinski definition) is 0. The molecule has 0 spiro atoms. The Morgan fingerprint density at radius 1 is 0.857 bits per heavy atom. The van der Waals surface area contributed by atoms with Gasteiger partial charge < -0.3 is 6.92 Å². The van der Waals surface area contributed by atoms with Gasteiger partial charge in [0.25, 0.3) is 0 Å². The third-order valence-electron chi connectivity index (χ3n) is 6.62. The van der Waals surface area contributed by atoms with Gasteiger partial charge in [-0.05, 0) is 60.3 Å². The summed E-state index contributed by atoms with van der Waals surface area (Å²) in [7, 11) is 0. The van der Waals surface area contributed by atoms with Crippen molar-refractivity contribution >= 4 is 0 Å². The maximum absolute atomic E-state index is 4.36. The summed E-state index contributed by atoms with van der Waals surface area (Å²) in [5, 5.41) is 0. The van der Waals surface area contributed by atoms with Crippen LogP contribution in [0, 0.1) is 23.2 Å². The Labute approximate surface area is 155 Å². The van der Waals surface area contributed by atoms with Crippen molar-refractivity contribution in [3.63, 3.8) is 0 Å². The molecule has 4 aliphatic carbocycles. The fourth-order valence-corrected chi connectivity index (χ4v) is 7.31. The first-order valence-corrected chi connectivity index (χ1v) is 8.26. The summed E-state index contributed by atoms with van der Waals surface area (Å²) < 4.78 is 0. The van der Waals surface area contributed by atoms with Crippen LogP contribution in [0.1, 0.15) is 64.4 Å². The van der Waals surface area contributed by atoms with Crippen LogP contribution >= 0.6 is 0 Å². The smallest absolute Gasteiger partial charge is 0.343 e. The zero-order chi connectivity index (χ0) is 14.1. The van der Waals surface area contributed by atoms with E-state index in [1.54, 1.807) is 5.56 Å². The fraction of sp³-hybridized carbons (Fsp3) is 0.650. The predicted molar refractivity (Wildman–Crippen MR) is 84.4 cm³/mol. The molecule has 4 aliphatic rings. The molecule has 1 aromatic rings. The quantitative estimate of drug-likeness (QED) is 0.612. The first-order valence-electron chi connectivity index (χ1n) is 8.26. The molecule has 0 radical (unpaired) electrons. The van der Waals surface area contributed by atoms with Gasteiger partial charge in [0.15, 0.2) is 0 Å². The molecule has 4 bridgehead atoms. The van der Waals surface area contributed by atoms with Crippen molar-refractivity contribution in [2.45, 2.75) is 64.2 Å². The van der Waals surface area contributed by atoms with E-state index in [4.69, 9.17) is 0 Å². The summed E-state index contributed by atoms with van der Waals surface area (Å²) in [6, 6.07) is 11.4. The molecule has 0 heterocycles. The Bertz CT molecular complexity index is 514. The molecular formula is C20H27Y+2. The number of rotatable bonds is 2. The largest absolute Gasteiger partial charge is 3.00 e. The van der Waals surface area contributed by atoms with Gasteiger partial charge in [-0.2, -0.15) is 6.42 Å². The molecule has 0 saturated heterocycles. The van der Waals surface area contributed by atoms with E-state index >= 15 is 0 Å². The summed E-state index contributed by atoms with van der Waals surface area (Å²) in [6.07, 6.45) is 9.62. The standard InChI is InChI=1S/C20H27.Y/c1-4-19-11-17(2)10-18(3,12-19)14-20(13-17,15-19)16-8-6-5-7-9-16;/h5-9H,1,4,10-15H2,2-3H3;/q-1;+3. The Morgan fingerprint density at radius 3 is 1.95 bits per heavy atom. The second-order valence-electron chi connectivity index (χ2n) is 9.08. The average Bonchev–Trinajstić information content (AvgIpc) is 2.36. The summed E-state index contributed by atoms with van der Waals surface area (Å²) in [5.74, 6) is 0. The van der Waals surface area contributed by atoms with Gasteiger partial charge in [0.2, 0.25) is 0 Å². The summed E-state index contributed by atoms with van der Waals surface area (Å²) >= 11 is 0. The van der Waals surface area contributed by atoms with E-state index in [9.17, 15) is 0 Å². The average molecular weight is 356 g/mol. The van der Waals surface area contributed by atoms with Gasteiger partial charge in [0.1, 0.15) is 0 Å². The minimum Gasteiger partial charge on any atom is -0.343 e. The normalized spacial score (nSPS) is 47.2. The van der Waals surface area contributed by atoms with Gasteiger partial charge in [-0.25, -0.2) is 0 Å². The Kier molecular flexibility index (Phi) is 3.78. The zero-order valence-corrected chi connectivity index (χ0v) is 16.5. The zero-order valence-electron chi connectivity index (χ0n) is 13.6. The molecule has 5 rings (SSSR count). The second-order valence-corrected chi connectivity index (χ2v) is 9.08. The van der Waals surface area contributed by atoms with E-state index < -0.39 is 0 Å². The van der Waals surface area contributed by atoms with Crippen molar-refractivity contribution in [3.05, 3.63) is 42.8 Å². The van der Waals surface area contributed by atoms with E-state index in [1.807, 2.05) is 0 Å². The molecular weight excluding hydrogens is 329 g/mol. The molecule has 4 fully saturated rings. The molecule has 2 atom stereocenters. The third kappa shape index (κ3) is 2.40. The molecule has 0 nitrogen and oxygen atoms in total. The molecule has 0 aromatic heterocycles.